The molecule has 5 rings (SSSR count). The first kappa shape index (κ1) is 15.0. The second-order valence-corrected chi connectivity index (χ2v) is 6.99. The fourth-order valence-electron chi connectivity index (χ4n) is 4.35. The minimum atomic E-state index is 0.307. The van der Waals surface area contributed by atoms with Gasteiger partial charge in [-0.3, -0.25) is 4.98 Å². The van der Waals surface area contributed by atoms with Crippen LogP contribution in [0.2, 0.25) is 0 Å². The van der Waals surface area contributed by atoms with E-state index in [2.05, 4.69) is 22.0 Å². The Morgan fingerprint density at radius 2 is 1.88 bits per heavy atom. The molecular weight excluding hydrogens is 312 g/mol. The highest BCUT2D eigenvalue weighted by molar-refractivity contribution is 5.86. The Hall–Kier alpha value is -2.33. The predicted octanol–water partition coefficient (Wildman–Crippen LogP) is 3.69. The van der Waals surface area contributed by atoms with Gasteiger partial charge in [-0.25, -0.2) is 0 Å². The van der Waals surface area contributed by atoms with E-state index in [0.29, 0.717) is 13.4 Å². The molecule has 4 nitrogen and oxygen atoms in total. The molecule has 128 valence electrons. The molecule has 3 aliphatic heterocycles. The Bertz CT molecular complexity index is 828. The van der Waals surface area contributed by atoms with Crippen LogP contribution in [0.1, 0.15) is 35.1 Å². The summed E-state index contributed by atoms with van der Waals surface area (Å²) in [6.45, 7) is 3.21. The van der Waals surface area contributed by atoms with Crippen molar-refractivity contribution in [1.82, 2.24) is 4.98 Å². The Morgan fingerprint density at radius 1 is 1.04 bits per heavy atom. The number of hydrogen-bond acceptors (Lipinski definition) is 4. The van der Waals surface area contributed by atoms with E-state index in [9.17, 15) is 0 Å². The minimum absolute atomic E-state index is 0.307. The van der Waals surface area contributed by atoms with E-state index in [1.54, 1.807) is 0 Å². The number of ether oxygens (including phenoxy) is 2. The van der Waals surface area contributed by atoms with Crippen molar-refractivity contribution < 1.29 is 9.47 Å². The van der Waals surface area contributed by atoms with E-state index in [4.69, 9.17) is 9.47 Å². The van der Waals surface area contributed by atoms with E-state index >= 15 is 0 Å². The Morgan fingerprint density at radius 3 is 2.76 bits per heavy atom. The second-order valence-electron chi connectivity index (χ2n) is 6.99. The van der Waals surface area contributed by atoms with Crippen molar-refractivity contribution in [2.75, 3.05) is 31.4 Å². The molecule has 0 atom stereocenters. The van der Waals surface area contributed by atoms with Gasteiger partial charge < -0.3 is 14.4 Å². The zero-order chi connectivity index (χ0) is 16.6. The van der Waals surface area contributed by atoms with Crippen molar-refractivity contribution in [3.63, 3.8) is 0 Å². The molecule has 4 heterocycles. The minimum Gasteiger partial charge on any atom is -0.467 e. The van der Waals surface area contributed by atoms with Crippen molar-refractivity contribution >= 4 is 17.3 Å². The monoisotopic (exact) mass is 334 g/mol. The average molecular weight is 334 g/mol. The Kier molecular flexibility index (Phi) is 3.71. The normalized spacial score (nSPS) is 21.1. The quantitative estimate of drug-likeness (QED) is 0.797. The van der Waals surface area contributed by atoms with Crippen molar-refractivity contribution in [2.24, 2.45) is 0 Å². The molecule has 0 spiro atoms. The van der Waals surface area contributed by atoms with Crippen LogP contribution >= 0.6 is 0 Å². The Labute approximate surface area is 148 Å². The molecular formula is C21H22N2O2. The Balaban J connectivity index is 1.69. The van der Waals surface area contributed by atoms with Crippen LogP contribution in [0, 0.1) is 0 Å². The van der Waals surface area contributed by atoms with Crippen molar-refractivity contribution in [1.29, 1.82) is 0 Å². The third-order valence-corrected chi connectivity index (χ3v) is 5.43. The maximum Gasteiger partial charge on any atom is 0.189 e. The third kappa shape index (κ3) is 2.61. The summed E-state index contributed by atoms with van der Waals surface area (Å²) in [7, 11) is 0. The third-order valence-electron chi connectivity index (χ3n) is 5.43. The first-order chi connectivity index (χ1) is 12.4. The molecule has 2 aromatic rings. The van der Waals surface area contributed by atoms with E-state index in [1.807, 2.05) is 24.5 Å². The van der Waals surface area contributed by atoms with E-state index in [0.717, 1.165) is 17.7 Å². The van der Waals surface area contributed by atoms with Gasteiger partial charge in [-0.2, -0.15) is 0 Å². The molecule has 4 heteroatoms. The largest absolute Gasteiger partial charge is 0.467 e. The first-order valence-corrected chi connectivity index (χ1v) is 9.15. The molecule has 0 fully saturated rings. The fraction of sp³-hybridized carbons (Fsp3) is 0.381. The molecule has 1 aromatic carbocycles. The number of nitrogens with zero attached hydrogens (tertiary/aromatic N) is 2. The van der Waals surface area contributed by atoms with Gasteiger partial charge in [-0.15, -0.1) is 0 Å². The molecule has 0 bridgehead atoms. The van der Waals surface area contributed by atoms with Gasteiger partial charge in [0.15, 0.2) is 6.79 Å². The molecule has 0 aliphatic carbocycles. The predicted molar refractivity (Wildman–Crippen MR) is 98.9 cm³/mol. The average Bonchev–Trinajstić information content (AvgIpc) is 2.64. The van der Waals surface area contributed by atoms with Gasteiger partial charge in [0, 0.05) is 42.3 Å². The number of hydrogen-bond donors (Lipinski definition) is 0. The summed E-state index contributed by atoms with van der Waals surface area (Å²) in [5.41, 5.74) is 7.85. The summed E-state index contributed by atoms with van der Waals surface area (Å²) >= 11 is 0. The van der Waals surface area contributed by atoms with Crippen LogP contribution in [0.25, 0.3) is 11.6 Å². The lowest BCUT2D eigenvalue weighted by atomic mass is 9.88. The summed E-state index contributed by atoms with van der Waals surface area (Å²) in [5, 5.41) is 0. The van der Waals surface area contributed by atoms with Crippen LogP contribution in [-0.2, 0) is 17.6 Å². The number of rotatable bonds is 1. The van der Waals surface area contributed by atoms with Gasteiger partial charge in [0.1, 0.15) is 5.75 Å². The number of pyridine rings is 1. The topological polar surface area (TPSA) is 34.6 Å². The van der Waals surface area contributed by atoms with Gasteiger partial charge in [0.2, 0.25) is 0 Å². The van der Waals surface area contributed by atoms with Gasteiger partial charge in [0.05, 0.1) is 6.61 Å². The van der Waals surface area contributed by atoms with Gasteiger partial charge in [0.25, 0.3) is 0 Å². The summed E-state index contributed by atoms with van der Waals surface area (Å²) in [6, 6.07) is 6.43. The highest BCUT2D eigenvalue weighted by Gasteiger charge is 2.28. The van der Waals surface area contributed by atoms with E-state index in [-0.39, 0.29) is 0 Å². The van der Waals surface area contributed by atoms with E-state index < -0.39 is 0 Å². The SMILES string of the molecule is C1=C(/c2ccncc2)COCOc2c/1cc1c3c2CCCN3CCC1. The summed E-state index contributed by atoms with van der Waals surface area (Å²) < 4.78 is 11.8. The number of fused-ring (bicyclic) bond motifs is 2. The van der Waals surface area contributed by atoms with Crippen molar-refractivity contribution in [3.8, 4) is 5.75 Å². The standard InChI is InChI=1S/C21H22N2O2/c1-3-16-11-17-12-18(15-5-7-22-8-6-15)13-24-14-25-21(17)19-4-2-10-23(9-1)20(16)19/h5-8,11-12H,1-4,9-10,13-14H2/b18-12+. The van der Waals surface area contributed by atoms with Crippen molar-refractivity contribution in [3.05, 3.63) is 52.8 Å². The molecule has 1 aromatic heterocycles. The molecule has 0 saturated carbocycles. The molecule has 0 radical (unpaired) electrons. The molecule has 0 unspecified atom stereocenters. The maximum absolute atomic E-state index is 6.08. The molecule has 3 aliphatic rings. The van der Waals surface area contributed by atoms with E-state index in [1.165, 1.54) is 60.3 Å². The molecule has 0 N–H and O–H groups in total. The fourth-order valence-corrected chi connectivity index (χ4v) is 4.35. The lowest BCUT2D eigenvalue weighted by Gasteiger charge is -2.38. The number of benzene rings is 1. The van der Waals surface area contributed by atoms with Crippen molar-refractivity contribution in [2.45, 2.75) is 25.7 Å². The van der Waals surface area contributed by atoms with Gasteiger partial charge in [-0.05, 0) is 66.7 Å². The van der Waals surface area contributed by atoms with Gasteiger partial charge in [-0.1, -0.05) is 0 Å². The second kappa shape index (κ2) is 6.19. The highest BCUT2D eigenvalue weighted by atomic mass is 16.7. The summed E-state index contributed by atoms with van der Waals surface area (Å²) in [6.07, 6.45) is 10.6. The smallest absolute Gasteiger partial charge is 0.189 e. The van der Waals surface area contributed by atoms with Crippen LogP contribution in [0.15, 0.2) is 30.6 Å². The lowest BCUT2D eigenvalue weighted by molar-refractivity contribution is 0.0318. The zero-order valence-corrected chi connectivity index (χ0v) is 14.3. The zero-order valence-electron chi connectivity index (χ0n) is 14.3. The van der Waals surface area contributed by atoms with Crippen LogP contribution in [0.3, 0.4) is 0 Å². The van der Waals surface area contributed by atoms with Crippen LogP contribution in [0.5, 0.6) is 5.75 Å². The number of aromatic nitrogens is 1. The van der Waals surface area contributed by atoms with Crippen LogP contribution in [0.4, 0.5) is 5.69 Å². The number of aryl methyl sites for hydroxylation is 1. The van der Waals surface area contributed by atoms with Crippen LogP contribution < -0.4 is 9.64 Å². The molecule has 0 saturated heterocycles. The van der Waals surface area contributed by atoms with Gasteiger partial charge >= 0.3 is 0 Å². The summed E-state index contributed by atoms with van der Waals surface area (Å²) in [5.74, 6) is 1.02. The maximum atomic E-state index is 6.08. The highest BCUT2D eigenvalue weighted by Crippen LogP contribution is 2.44. The summed E-state index contributed by atoms with van der Waals surface area (Å²) in [4.78, 5) is 6.68. The first-order valence-electron chi connectivity index (χ1n) is 9.15. The molecule has 0 amide bonds. The van der Waals surface area contributed by atoms with Crippen LogP contribution in [-0.4, -0.2) is 31.5 Å². The molecule has 25 heavy (non-hydrogen) atoms. The lowest BCUT2D eigenvalue weighted by Crippen LogP contribution is -2.35. The number of anilines is 1.